The highest BCUT2D eigenvalue weighted by Crippen LogP contribution is 2.36. The van der Waals surface area contributed by atoms with Crippen LogP contribution in [0.25, 0.3) is 9.40 Å². The van der Waals surface area contributed by atoms with Crippen molar-refractivity contribution in [3.63, 3.8) is 0 Å². The third kappa shape index (κ3) is 2.24. The smallest absolute Gasteiger partial charge is 0.339 e. The Bertz CT molecular complexity index is 498. The standard InChI is InChI=1S/C10H9BrO2S2/c1-5(2)13-9(12)7-4-14-10-6(7)3-8(11)15-10/h3-5H,1-2H3. The summed E-state index contributed by atoms with van der Waals surface area (Å²) in [5, 5.41) is 2.85. The van der Waals surface area contributed by atoms with Crippen molar-refractivity contribution in [2.75, 3.05) is 0 Å². The molecule has 0 aromatic carbocycles. The van der Waals surface area contributed by atoms with Crippen LogP contribution in [0.2, 0.25) is 0 Å². The van der Waals surface area contributed by atoms with E-state index in [9.17, 15) is 4.79 Å². The molecule has 0 atom stereocenters. The van der Waals surface area contributed by atoms with E-state index >= 15 is 0 Å². The average molecular weight is 305 g/mol. The van der Waals surface area contributed by atoms with Crippen LogP contribution in [0.3, 0.4) is 0 Å². The summed E-state index contributed by atoms with van der Waals surface area (Å²) in [5.74, 6) is -0.235. The Morgan fingerprint density at radius 2 is 2.27 bits per heavy atom. The van der Waals surface area contributed by atoms with Crippen molar-refractivity contribution in [2.24, 2.45) is 0 Å². The van der Waals surface area contributed by atoms with Gasteiger partial charge in [0.1, 0.15) is 0 Å². The number of hydrogen-bond acceptors (Lipinski definition) is 4. The molecule has 80 valence electrons. The first-order valence-electron chi connectivity index (χ1n) is 4.45. The van der Waals surface area contributed by atoms with Crippen molar-refractivity contribution in [1.29, 1.82) is 0 Å². The predicted octanol–water partition coefficient (Wildman–Crippen LogP) is 4.29. The molecule has 0 amide bonds. The van der Waals surface area contributed by atoms with Crippen LogP contribution in [0.1, 0.15) is 24.2 Å². The van der Waals surface area contributed by atoms with E-state index in [-0.39, 0.29) is 12.1 Å². The van der Waals surface area contributed by atoms with Crippen molar-refractivity contribution >= 4 is 54.0 Å². The third-order valence-electron chi connectivity index (χ3n) is 1.80. The molecule has 0 fully saturated rings. The van der Waals surface area contributed by atoms with Gasteiger partial charge in [-0.1, -0.05) is 0 Å². The van der Waals surface area contributed by atoms with E-state index < -0.39 is 0 Å². The van der Waals surface area contributed by atoms with Gasteiger partial charge in [0.2, 0.25) is 0 Å². The summed E-state index contributed by atoms with van der Waals surface area (Å²) in [5.41, 5.74) is 0.672. The summed E-state index contributed by atoms with van der Waals surface area (Å²) < 4.78 is 7.36. The average Bonchev–Trinajstić information content (AvgIpc) is 2.60. The maximum absolute atomic E-state index is 11.7. The zero-order valence-corrected chi connectivity index (χ0v) is 11.5. The fraction of sp³-hybridized carbons (Fsp3) is 0.300. The summed E-state index contributed by atoms with van der Waals surface area (Å²) in [4.78, 5) is 11.7. The van der Waals surface area contributed by atoms with Gasteiger partial charge in [-0.3, -0.25) is 0 Å². The van der Waals surface area contributed by atoms with Gasteiger partial charge >= 0.3 is 5.97 Å². The van der Waals surface area contributed by atoms with Gasteiger partial charge in [-0.15, -0.1) is 22.7 Å². The van der Waals surface area contributed by atoms with E-state index in [0.29, 0.717) is 5.56 Å². The van der Waals surface area contributed by atoms with Gasteiger partial charge in [0, 0.05) is 10.8 Å². The molecule has 0 bridgehead atoms. The summed E-state index contributed by atoms with van der Waals surface area (Å²) in [7, 11) is 0. The third-order valence-corrected chi connectivity index (χ3v) is 4.56. The highest BCUT2D eigenvalue weighted by atomic mass is 79.9. The van der Waals surface area contributed by atoms with Crippen LogP contribution in [0.5, 0.6) is 0 Å². The highest BCUT2D eigenvalue weighted by molar-refractivity contribution is 9.11. The lowest BCUT2D eigenvalue weighted by atomic mass is 10.2. The van der Waals surface area contributed by atoms with Crippen molar-refractivity contribution < 1.29 is 9.53 Å². The lowest BCUT2D eigenvalue weighted by Gasteiger charge is -2.05. The fourth-order valence-corrected chi connectivity index (χ4v) is 4.25. The molecule has 0 N–H and O–H groups in total. The maximum atomic E-state index is 11.7. The van der Waals surface area contributed by atoms with Gasteiger partial charge in [0.15, 0.2) is 0 Å². The maximum Gasteiger partial charge on any atom is 0.339 e. The van der Waals surface area contributed by atoms with Crippen LogP contribution in [0.4, 0.5) is 0 Å². The second kappa shape index (κ2) is 4.23. The molecule has 0 unspecified atom stereocenters. The monoisotopic (exact) mass is 304 g/mol. The van der Waals surface area contributed by atoms with E-state index in [4.69, 9.17) is 4.74 Å². The molecule has 2 heterocycles. The molecule has 5 heteroatoms. The molecule has 0 aliphatic heterocycles. The van der Waals surface area contributed by atoms with Crippen molar-refractivity contribution in [1.82, 2.24) is 0 Å². The Labute approximate surface area is 104 Å². The van der Waals surface area contributed by atoms with Gasteiger partial charge < -0.3 is 4.74 Å². The number of rotatable bonds is 2. The van der Waals surface area contributed by atoms with Crippen molar-refractivity contribution in [3.8, 4) is 0 Å². The number of hydrogen-bond donors (Lipinski definition) is 0. The second-order valence-electron chi connectivity index (χ2n) is 3.36. The van der Waals surface area contributed by atoms with Gasteiger partial charge in [-0.25, -0.2) is 4.79 Å². The molecule has 0 spiro atoms. The molecule has 0 saturated carbocycles. The van der Waals surface area contributed by atoms with Crippen molar-refractivity contribution in [3.05, 3.63) is 20.8 Å². The largest absolute Gasteiger partial charge is 0.459 e. The van der Waals surface area contributed by atoms with Gasteiger partial charge in [0.25, 0.3) is 0 Å². The summed E-state index contributed by atoms with van der Waals surface area (Å²) in [6.07, 6.45) is -0.0745. The van der Waals surface area contributed by atoms with E-state index in [1.807, 2.05) is 25.3 Å². The Hall–Kier alpha value is -0.390. The molecule has 0 radical (unpaired) electrons. The molecule has 0 aliphatic rings. The zero-order valence-electron chi connectivity index (χ0n) is 8.24. The van der Waals surface area contributed by atoms with Crippen LogP contribution in [0, 0.1) is 0 Å². The number of carbonyl (C=O) groups is 1. The van der Waals surface area contributed by atoms with Gasteiger partial charge in [-0.2, -0.15) is 0 Å². The number of ether oxygens (including phenoxy) is 1. The summed E-state index contributed by atoms with van der Waals surface area (Å²) in [6, 6.07) is 1.97. The second-order valence-corrected chi connectivity index (χ2v) is 6.92. The number of carbonyl (C=O) groups excluding carboxylic acids is 1. The number of halogens is 1. The van der Waals surface area contributed by atoms with Gasteiger partial charge in [0.05, 0.1) is 19.5 Å². The minimum atomic E-state index is -0.235. The van der Waals surface area contributed by atoms with E-state index in [1.54, 1.807) is 22.7 Å². The molecule has 2 aromatic rings. The first kappa shape index (κ1) is 11.1. The van der Waals surface area contributed by atoms with Crippen LogP contribution in [0.15, 0.2) is 15.2 Å². The van der Waals surface area contributed by atoms with E-state index in [0.717, 1.165) is 13.2 Å². The summed E-state index contributed by atoms with van der Waals surface area (Å²) >= 11 is 6.63. The molecule has 2 nitrogen and oxygen atoms in total. The van der Waals surface area contributed by atoms with E-state index in [2.05, 4.69) is 15.9 Å². The minimum absolute atomic E-state index is 0.0745. The van der Waals surface area contributed by atoms with Crippen LogP contribution < -0.4 is 0 Å². The normalized spacial score (nSPS) is 11.2. The first-order valence-corrected chi connectivity index (χ1v) is 6.94. The Balaban J connectivity index is 2.38. The SMILES string of the molecule is CC(C)OC(=O)c1csc2sc(Br)cc12. The van der Waals surface area contributed by atoms with Crippen LogP contribution in [-0.4, -0.2) is 12.1 Å². The predicted molar refractivity (Wildman–Crippen MR) is 68.0 cm³/mol. The van der Waals surface area contributed by atoms with Crippen molar-refractivity contribution in [2.45, 2.75) is 20.0 Å². The van der Waals surface area contributed by atoms with Crippen LogP contribution >= 0.6 is 38.6 Å². The number of thiophene rings is 2. The lowest BCUT2D eigenvalue weighted by Crippen LogP contribution is -2.10. The molecule has 0 saturated heterocycles. The molecular weight excluding hydrogens is 296 g/mol. The van der Waals surface area contributed by atoms with Gasteiger partial charge in [-0.05, 0) is 35.8 Å². The number of fused-ring (bicyclic) bond motifs is 1. The Kier molecular flexibility index (Phi) is 3.13. The van der Waals surface area contributed by atoms with Crippen LogP contribution in [-0.2, 0) is 4.74 Å². The topological polar surface area (TPSA) is 26.3 Å². The van der Waals surface area contributed by atoms with E-state index in [1.165, 1.54) is 0 Å². The molecule has 15 heavy (non-hydrogen) atoms. The molecule has 0 aliphatic carbocycles. The highest BCUT2D eigenvalue weighted by Gasteiger charge is 2.16. The quantitative estimate of drug-likeness (QED) is 0.774. The zero-order chi connectivity index (χ0) is 11.0. The molecule has 2 aromatic heterocycles. The first-order chi connectivity index (χ1) is 7.08. The molecule has 2 rings (SSSR count). The Morgan fingerprint density at radius 3 is 2.93 bits per heavy atom. The minimum Gasteiger partial charge on any atom is -0.459 e. The summed E-state index contributed by atoms with van der Waals surface area (Å²) in [6.45, 7) is 3.70. The fourth-order valence-electron chi connectivity index (χ4n) is 1.23. The number of esters is 1. The lowest BCUT2D eigenvalue weighted by molar-refractivity contribution is 0.0381. The molecular formula is C10H9BrO2S2. The Morgan fingerprint density at radius 1 is 1.53 bits per heavy atom.